The van der Waals surface area contributed by atoms with E-state index >= 15 is 0 Å². The second-order valence-corrected chi connectivity index (χ2v) is 5.73. The summed E-state index contributed by atoms with van der Waals surface area (Å²) < 4.78 is 5.30. The molecule has 1 aliphatic rings. The topological polar surface area (TPSA) is 54.5 Å². The number of anilines is 2. The van der Waals surface area contributed by atoms with Crippen molar-refractivity contribution >= 4 is 17.4 Å². The molecule has 0 spiro atoms. The van der Waals surface area contributed by atoms with Gasteiger partial charge in [0.1, 0.15) is 17.3 Å². The zero-order chi connectivity index (χ0) is 16.2. The number of nitrogens with zero attached hydrogens (tertiary/aromatic N) is 2. The van der Waals surface area contributed by atoms with Gasteiger partial charge in [0.05, 0.1) is 12.8 Å². The van der Waals surface area contributed by atoms with E-state index in [2.05, 4.69) is 15.2 Å². The number of nitrogens with one attached hydrogen (secondary N) is 1. The Labute approximate surface area is 136 Å². The van der Waals surface area contributed by atoms with Crippen molar-refractivity contribution < 1.29 is 9.53 Å². The quantitative estimate of drug-likeness (QED) is 0.941. The van der Waals surface area contributed by atoms with Crippen molar-refractivity contribution in [1.29, 1.82) is 0 Å². The summed E-state index contributed by atoms with van der Waals surface area (Å²) in [5.41, 5.74) is 2.13. The number of amides is 1. The average molecular weight is 311 g/mol. The van der Waals surface area contributed by atoms with Gasteiger partial charge in [0.15, 0.2) is 0 Å². The van der Waals surface area contributed by atoms with Crippen LogP contribution in [-0.4, -0.2) is 31.1 Å². The zero-order valence-corrected chi connectivity index (χ0v) is 13.5. The van der Waals surface area contributed by atoms with Crippen LogP contribution in [0.2, 0.25) is 0 Å². The molecule has 0 aliphatic carbocycles. The van der Waals surface area contributed by atoms with E-state index in [1.807, 2.05) is 37.3 Å². The van der Waals surface area contributed by atoms with Gasteiger partial charge in [-0.2, -0.15) is 0 Å². The lowest BCUT2D eigenvalue weighted by atomic mass is 10.2. The number of hydrogen-bond acceptors (Lipinski definition) is 4. The predicted molar refractivity (Wildman–Crippen MR) is 91.4 cm³/mol. The molecule has 1 saturated heterocycles. The van der Waals surface area contributed by atoms with Gasteiger partial charge in [-0.05, 0) is 49.6 Å². The summed E-state index contributed by atoms with van der Waals surface area (Å²) in [6.07, 6.45) is 2.36. The van der Waals surface area contributed by atoms with E-state index in [4.69, 9.17) is 4.74 Å². The Morgan fingerprint density at radius 1 is 1.22 bits per heavy atom. The lowest BCUT2D eigenvalue weighted by molar-refractivity contribution is 0.102. The van der Waals surface area contributed by atoms with Crippen molar-refractivity contribution in [3.8, 4) is 5.75 Å². The first-order valence-electron chi connectivity index (χ1n) is 7.85. The van der Waals surface area contributed by atoms with Gasteiger partial charge in [0.25, 0.3) is 5.91 Å². The van der Waals surface area contributed by atoms with Crippen LogP contribution in [0.15, 0.2) is 36.4 Å². The third-order valence-electron chi connectivity index (χ3n) is 4.00. The first kappa shape index (κ1) is 15.3. The number of methoxy groups -OCH3 is 1. The number of pyridine rings is 1. The van der Waals surface area contributed by atoms with Crippen molar-refractivity contribution in [2.75, 3.05) is 30.4 Å². The van der Waals surface area contributed by atoms with E-state index in [1.165, 1.54) is 12.8 Å². The molecule has 5 heteroatoms. The number of ether oxygens (including phenoxy) is 1. The Hall–Kier alpha value is -2.56. The van der Waals surface area contributed by atoms with Crippen LogP contribution in [0.5, 0.6) is 5.75 Å². The van der Waals surface area contributed by atoms with Crippen LogP contribution in [-0.2, 0) is 0 Å². The van der Waals surface area contributed by atoms with Gasteiger partial charge in [0.2, 0.25) is 0 Å². The number of benzene rings is 1. The lowest BCUT2D eigenvalue weighted by Crippen LogP contribution is -2.21. The van der Waals surface area contributed by atoms with E-state index in [-0.39, 0.29) is 5.91 Å². The summed E-state index contributed by atoms with van der Waals surface area (Å²) >= 11 is 0. The summed E-state index contributed by atoms with van der Waals surface area (Å²) in [4.78, 5) is 19.2. The smallest absolute Gasteiger partial charge is 0.274 e. The molecule has 0 atom stereocenters. The molecule has 0 saturated carbocycles. The Morgan fingerprint density at radius 3 is 2.74 bits per heavy atom. The maximum Gasteiger partial charge on any atom is 0.274 e. The van der Waals surface area contributed by atoms with Crippen molar-refractivity contribution in [1.82, 2.24) is 4.98 Å². The molecular weight excluding hydrogens is 290 g/mol. The van der Waals surface area contributed by atoms with Gasteiger partial charge in [0, 0.05) is 13.1 Å². The molecule has 120 valence electrons. The Kier molecular flexibility index (Phi) is 4.46. The molecule has 5 nitrogen and oxygen atoms in total. The fourth-order valence-electron chi connectivity index (χ4n) is 2.78. The Morgan fingerprint density at radius 2 is 2.00 bits per heavy atom. The third-order valence-corrected chi connectivity index (χ3v) is 4.00. The monoisotopic (exact) mass is 311 g/mol. The number of hydrogen-bond donors (Lipinski definition) is 1. The number of carbonyl (C=O) groups is 1. The van der Waals surface area contributed by atoms with Crippen LogP contribution >= 0.6 is 0 Å². The molecule has 0 unspecified atom stereocenters. The molecule has 1 fully saturated rings. The second-order valence-electron chi connectivity index (χ2n) is 5.73. The third kappa shape index (κ3) is 3.44. The fourth-order valence-corrected chi connectivity index (χ4v) is 2.78. The molecule has 1 aromatic carbocycles. The van der Waals surface area contributed by atoms with Crippen molar-refractivity contribution in [2.45, 2.75) is 19.8 Å². The maximum atomic E-state index is 12.5. The summed E-state index contributed by atoms with van der Waals surface area (Å²) in [6, 6.07) is 11.2. The minimum atomic E-state index is -0.227. The van der Waals surface area contributed by atoms with Gasteiger partial charge in [-0.15, -0.1) is 0 Å². The summed E-state index contributed by atoms with van der Waals surface area (Å²) in [5.74, 6) is 1.28. The molecule has 23 heavy (non-hydrogen) atoms. The second kappa shape index (κ2) is 6.69. The number of rotatable bonds is 4. The molecule has 3 rings (SSSR count). The zero-order valence-electron chi connectivity index (χ0n) is 13.5. The SMILES string of the molecule is COc1ccc(C)cc1NC(=O)c1cccc(N2CCCC2)n1. The fraction of sp³-hybridized carbons (Fsp3) is 0.333. The van der Waals surface area contributed by atoms with E-state index in [1.54, 1.807) is 13.2 Å². The maximum absolute atomic E-state index is 12.5. The molecule has 0 bridgehead atoms. The highest BCUT2D eigenvalue weighted by Crippen LogP contribution is 2.26. The van der Waals surface area contributed by atoms with Crippen LogP contribution in [0.4, 0.5) is 11.5 Å². The number of carbonyl (C=O) groups excluding carboxylic acids is 1. The Balaban J connectivity index is 1.81. The van der Waals surface area contributed by atoms with Gasteiger partial charge in [-0.25, -0.2) is 4.98 Å². The van der Waals surface area contributed by atoms with Crippen LogP contribution in [0, 0.1) is 6.92 Å². The first-order valence-corrected chi connectivity index (χ1v) is 7.85. The summed E-state index contributed by atoms with van der Waals surface area (Å²) in [7, 11) is 1.59. The number of aromatic nitrogens is 1. The van der Waals surface area contributed by atoms with Gasteiger partial charge >= 0.3 is 0 Å². The standard InChI is InChI=1S/C18H21N3O2/c1-13-8-9-16(23-2)15(12-13)20-18(22)14-6-5-7-17(19-14)21-10-3-4-11-21/h5-9,12H,3-4,10-11H2,1-2H3,(H,20,22). The molecular formula is C18H21N3O2. The van der Waals surface area contributed by atoms with Crippen LogP contribution in [0.1, 0.15) is 28.9 Å². The lowest BCUT2D eigenvalue weighted by Gasteiger charge is -2.17. The molecule has 1 aromatic heterocycles. The highest BCUT2D eigenvalue weighted by molar-refractivity contribution is 6.04. The highest BCUT2D eigenvalue weighted by Gasteiger charge is 2.16. The normalized spacial score (nSPS) is 13.9. The van der Waals surface area contributed by atoms with Crippen molar-refractivity contribution in [2.24, 2.45) is 0 Å². The average Bonchev–Trinajstić information content (AvgIpc) is 3.10. The molecule has 0 radical (unpaired) electrons. The van der Waals surface area contributed by atoms with Gasteiger partial charge in [-0.1, -0.05) is 12.1 Å². The van der Waals surface area contributed by atoms with E-state index < -0.39 is 0 Å². The van der Waals surface area contributed by atoms with Crippen molar-refractivity contribution in [3.63, 3.8) is 0 Å². The van der Waals surface area contributed by atoms with Gasteiger partial charge in [-0.3, -0.25) is 4.79 Å². The largest absolute Gasteiger partial charge is 0.495 e. The van der Waals surface area contributed by atoms with E-state index in [9.17, 15) is 4.79 Å². The number of aryl methyl sites for hydroxylation is 1. The van der Waals surface area contributed by atoms with Crippen LogP contribution in [0.3, 0.4) is 0 Å². The Bertz CT molecular complexity index is 709. The predicted octanol–water partition coefficient (Wildman–Crippen LogP) is 3.25. The minimum Gasteiger partial charge on any atom is -0.495 e. The minimum absolute atomic E-state index is 0.227. The molecule has 2 heterocycles. The van der Waals surface area contributed by atoms with Crippen molar-refractivity contribution in [3.05, 3.63) is 47.7 Å². The van der Waals surface area contributed by atoms with Crippen LogP contribution in [0.25, 0.3) is 0 Å². The molecule has 2 aromatic rings. The van der Waals surface area contributed by atoms with E-state index in [0.717, 1.165) is 24.5 Å². The van der Waals surface area contributed by atoms with Gasteiger partial charge < -0.3 is 15.0 Å². The first-order chi connectivity index (χ1) is 11.2. The van der Waals surface area contributed by atoms with E-state index in [0.29, 0.717) is 17.1 Å². The summed E-state index contributed by atoms with van der Waals surface area (Å²) in [5, 5.41) is 2.89. The molecule has 1 N–H and O–H groups in total. The molecule has 1 aliphatic heterocycles. The van der Waals surface area contributed by atoms with Crippen LogP contribution < -0.4 is 15.0 Å². The summed E-state index contributed by atoms with van der Waals surface area (Å²) in [6.45, 7) is 3.98. The highest BCUT2D eigenvalue weighted by atomic mass is 16.5. The molecule has 1 amide bonds.